The van der Waals surface area contributed by atoms with E-state index in [1.807, 2.05) is 42.5 Å². The highest BCUT2D eigenvalue weighted by molar-refractivity contribution is 5.78. The number of methoxy groups -OCH3 is 1. The van der Waals surface area contributed by atoms with Crippen LogP contribution in [0.1, 0.15) is 30.7 Å². The van der Waals surface area contributed by atoms with Crippen LogP contribution >= 0.6 is 0 Å². The van der Waals surface area contributed by atoms with Gasteiger partial charge in [-0.05, 0) is 55.2 Å². The molecule has 0 aliphatic rings. The van der Waals surface area contributed by atoms with Crippen LogP contribution in [0.2, 0.25) is 0 Å². The van der Waals surface area contributed by atoms with Crippen LogP contribution in [-0.4, -0.2) is 23.8 Å². The normalized spacial score (nSPS) is 11.5. The van der Waals surface area contributed by atoms with Crippen molar-refractivity contribution < 1.29 is 15.0 Å². The van der Waals surface area contributed by atoms with Gasteiger partial charge in [-0.15, -0.1) is 0 Å². The first-order valence-electron chi connectivity index (χ1n) is 8.83. The van der Waals surface area contributed by atoms with E-state index in [0.29, 0.717) is 11.7 Å². The number of rotatable bonds is 8. The molecule has 0 radical (unpaired) electrons. The molecule has 5 nitrogen and oxygen atoms in total. The highest BCUT2D eigenvalue weighted by atomic mass is 16.5. The first-order valence-corrected chi connectivity index (χ1v) is 8.83. The molecule has 0 unspecified atom stereocenters. The summed E-state index contributed by atoms with van der Waals surface area (Å²) in [5.74, 6) is 1.96. The van der Waals surface area contributed by atoms with E-state index in [1.54, 1.807) is 7.11 Å². The van der Waals surface area contributed by atoms with E-state index in [9.17, 15) is 0 Å². The van der Waals surface area contributed by atoms with Gasteiger partial charge in [0.15, 0.2) is 0 Å². The number of hydrogen-bond donors (Lipinski definition) is 1. The summed E-state index contributed by atoms with van der Waals surface area (Å²) in [6.07, 6.45) is 5.12. The monoisotopic (exact) mass is 350 g/mol. The summed E-state index contributed by atoms with van der Waals surface area (Å²) in [5, 5.41) is 4.15. The van der Waals surface area contributed by atoms with Crippen LogP contribution < -0.4 is 10.5 Å². The molecule has 3 aromatic rings. The summed E-state index contributed by atoms with van der Waals surface area (Å²) < 4.78 is 10.8. The molecule has 0 amide bonds. The van der Waals surface area contributed by atoms with Crippen LogP contribution in [0.3, 0.4) is 0 Å². The second kappa shape index (κ2) is 8.97. The lowest BCUT2D eigenvalue weighted by Crippen LogP contribution is -2.50. The van der Waals surface area contributed by atoms with Crippen molar-refractivity contribution in [3.8, 4) is 17.1 Å². The minimum atomic E-state index is 0.573. The van der Waals surface area contributed by atoms with Crippen LogP contribution in [0.25, 0.3) is 23.0 Å². The molecule has 3 rings (SSSR count). The molecule has 0 saturated heterocycles. The highest BCUT2D eigenvalue weighted by Gasteiger charge is 2.13. The maximum absolute atomic E-state index is 5.56. The Labute approximate surface area is 153 Å². The molecule has 26 heavy (non-hydrogen) atoms. The number of allylic oxidation sites excluding steroid dienone is 1. The van der Waals surface area contributed by atoms with E-state index >= 15 is 0 Å². The van der Waals surface area contributed by atoms with Gasteiger partial charge in [-0.25, -0.2) is 0 Å². The average molecular weight is 350 g/mol. The van der Waals surface area contributed by atoms with Crippen molar-refractivity contribution in [1.82, 2.24) is 10.1 Å². The Morgan fingerprint density at radius 1 is 1.08 bits per heavy atom. The Hall–Kier alpha value is -2.92. The third-order valence-electron chi connectivity index (χ3n) is 4.14. The maximum atomic E-state index is 5.56. The molecular weight excluding hydrogens is 326 g/mol. The van der Waals surface area contributed by atoms with Gasteiger partial charge in [-0.2, -0.15) is 4.98 Å². The largest absolute Gasteiger partial charge is 0.497 e. The molecule has 0 saturated carbocycles. The predicted octanol–water partition coefficient (Wildman–Crippen LogP) is 3.70. The Bertz CT molecular complexity index is 839. The van der Waals surface area contributed by atoms with Gasteiger partial charge in [0.25, 0.3) is 5.89 Å². The molecule has 2 aromatic carbocycles. The Morgan fingerprint density at radius 3 is 2.54 bits per heavy atom. The fourth-order valence-corrected chi connectivity index (χ4v) is 2.69. The summed E-state index contributed by atoms with van der Waals surface area (Å²) in [7, 11) is 1.65. The Balaban J connectivity index is 1.86. The van der Waals surface area contributed by atoms with Gasteiger partial charge in [0.05, 0.1) is 13.7 Å². The summed E-state index contributed by atoms with van der Waals surface area (Å²) in [6, 6.07) is 17.8. The van der Waals surface area contributed by atoms with Crippen molar-refractivity contribution in [2.45, 2.75) is 19.3 Å². The quantitative estimate of drug-likeness (QED) is 0.629. The van der Waals surface area contributed by atoms with Gasteiger partial charge in [0, 0.05) is 11.1 Å². The van der Waals surface area contributed by atoms with Crippen molar-refractivity contribution in [2.75, 3.05) is 13.7 Å². The first-order chi connectivity index (χ1) is 12.8. The van der Waals surface area contributed by atoms with E-state index in [-0.39, 0.29) is 0 Å². The first kappa shape index (κ1) is 17.9. The van der Waals surface area contributed by atoms with Crippen molar-refractivity contribution in [2.24, 2.45) is 0 Å². The van der Waals surface area contributed by atoms with E-state index in [4.69, 9.17) is 9.26 Å². The molecule has 1 heterocycles. The molecule has 0 fully saturated rings. The van der Waals surface area contributed by atoms with Crippen molar-refractivity contribution >= 4 is 11.6 Å². The lowest BCUT2D eigenvalue weighted by atomic mass is 10.0. The summed E-state index contributed by atoms with van der Waals surface area (Å²) in [4.78, 5) is 4.61. The zero-order chi connectivity index (χ0) is 18.2. The highest BCUT2D eigenvalue weighted by Crippen LogP contribution is 2.26. The van der Waals surface area contributed by atoms with Gasteiger partial charge in [-0.1, -0.05) is 35.5 Å². The fraction of sp³-hybridized carbons (Fsp3) is 0.238. The number of benzene rings is 2. The Morgan fingerprint density at radius 2 is 1.85 bits per heavy atom. The minimum Gasteiger partial charge on any atom is -0.497 e. The number of unbranched alkanes of at least 4 members (excludes halogenated alkanes) is 1. The molecule has 1 aromatic heterocycles. The summed E-state index contributed by atoms with van der Waals surface area (Å²) in [6.45, 7) is 0.930. The van der Waals surface area contributed by atoms with Crippen LogP contribution in [0, 0.1) is 0 Å². The predicted molar refractivity (Wildman–Crippen MR) is 102 cm³/mol. The number of nitrogens with zero attached hydrogens (tertiary/aromatic N) is 2. The van der Waals surface area contributed by atoms with E-state index in [1.165, 1.54) is 0 Å². The van der Waals surface area contributed by atoms with Crippen molar-refractivity contribution in [3.05, 3.63) is 66.1 Å². The summed E-state index contributed by atoms with van der Waals surface area (Å²) in [5.41, 5.74) is 7.00. The lowest BCUT2D eigenvalue weighted by molar-refractivity contribution is -0.368. The SMILES string of the molecule is COc1ccc(-c2noc(/C(=C/c3ccccc3)CCCC[NH3+])n2)cc1. The molecule has 0 aliphatic carbocycles. The lowest BCUT2D eigenvalue weighted by Gasteiger charge is -2.02. The van der Waals surface area contributed by atoms with Gasteiger partial charge >= 0.3 is 0 Å². The third-order valence-corrected chi connectivity index (χ3v) is 4.14. The topological polar surface area (TPSA) is 75.8 Å². The van der Waals surface area contributed by atoms with E-state index in [0.717, 1.165) is 48.3 Å². The molecule has 0 bridgehead atoms. The second-order valence-corrected chi connectivity index (χ2v) is 6.04. The van der Waals surface area contributed by atoms with Crippen molar-refractivity contribution in [3.63, 3.8) is 0 Å². The molecule has 0 aliphatic heterocycles. The number of aromatic nitrogens is 2. The molecular formula is C21H24N3O2+. The zero-order valence-corrected chi connectivity index (χ0v) is 15.0. The van der Waals surface area contributed by atoms with Crippen LogP contribution in [0.4, 0.5) is 0 Å². The van der Waals surface area contributed by atoms with Crippen molar-refractivity contribution in [1.29, 1.82) is 0 Å². The molecule has 0 spiro atoms. The molecule has 0 atom stereocenters. The van der Waals surface area contributed by atoms with Crippen LogP contribution in [0.5, 0.6) is 5.75 Å². The van der Waals surface area contributed by atoms with Crippen LogP contribution in [-0.2, 0) is 0 Å². The van der Waals surface area contributed by atoms with Crippen LogP contribution in [0.15, 0.2) is 59.1 Å². The molecule has 5 heteroatoms. The minimum absolute atomic E-state index is 0.573. The maximum Gasteiger partial charge on any atom is 0.254 e. The van der Waals surface area contributed by atoms with Gasteiger partial charge in [-0.3, -0.25) is 0 Å². The van der Waals surface area contributed by atoms with Gasteiger partial charge in [0.1, 0.15) is 5.75 Å². The van der Waals surface area contributed by atoms with E-state index < -0.39 is 0 Å². The number of hydrogen-bond acceptors (Lipinski definition) is 4. The smallest absolute Gasteiger partial charge is 0.254 e. The van der Waals surface area contributed by atoms with Gasteiger partial charge < -0.3 is 15.0 Å². The number of ether oxygens (including phenoxy) is 1. The Kier molecular flexibility index (Phi) is 6.17. The molecule has 3 N–H and O–H groups in total. The number of quaternary nitrogens is 1. The second-order valence-electron chi connectivity index (χ2n) is 6.04. The fourth-order valence-electron chi connectivity index (χ4n) is 2.69. The van der Waals surface area contributed by atoms with E-state index in [2.05, 4.69) is 34.1 Å². The van der Waals surface area contributed by atoms with Gasteiger partial charge in [0.2, 0.25) is 5.82 Å². The zero-order valence-electron chi connectivity index (χ0n) is 15.0. The summed E-state index contributed by atoms with van der Waals surface area (Å²) >= 11 is 0. The third kappa shape index (κ3) is 4.58. The molecule has 134 valence electrons. The average Bonchev–Trinajstić information content (AvgIpc) is 3.18. The standard InChI is InChI=1S/C21H23N3O2/c1-25-19-12-10-17(11-13-19)20-23-21(26-24-20)18(9-5-6-14-22)15-16-7-3-2-4-8-16/h2-4,7-8,10-13,15H,5-6,9,14,22H2,1H3/p+1/b18-15+.